The quantitative estimate of drug-likeness (QED) is 0.516. The van der Waals surface area contributed by atoms with E-state index in [-0.39, 0.29) is 0 Å². The maximum atomic E-state index is 5.25. The first-order chi connectivity index (χ1) is 8.75. The van der Waals surface area contributed by atoms with Gasteiger partial charge in [-0.15, -0.1) is 0 Å². The molecule has 0 saturated carbocycles. The molecule has 2 nitrogen and oxygen atoms in total. The van der Waals surface area contributed by atoms with Crippen LogP contribution in [0.15, 0.2) is 59.7 Å². The smallest absolute Gasteiger partial charge is 0.126 e. The summed E-state index contributed by atoms with van der Waals surface area (Å²) in [7, 11) is 0. The van der Waals surface area contributed by atoms with Crippen LogP contribution in [-0.4, -0.2) is 11.2 Å². The monoisotopic (exact) mass is 254 g/mol. The minimum absolute atomic E-state index is 0.627. The van der Waals surface area contributed by atoms with Crippen molar-refractivity contribution in [2.75, 3.05) is 0 Å². The Balaban J connectivity index is 1.96. The summed E-state index contributed by atoms with van der Waals surface area (Å²) in [4.78, 5) is 0.627. The number of hydrogen-bond donors (Lipinski definition) is 1. The van der Waals surface area contributed by atoms with E-state index in [1.54, 1.807) is 6.21 Å². The predicted octanol–water partition coefficient (Wildman–Crippen LogP) is 3.29. The molecule has 0 aliphatic carbocycles. The van der Waals surface area contributed by atoms with Crippen molar-refractivity contribution in [3.05, 3.63) is 71.3 Å². The Hall–Kier alpha value is -2.00. The molecule has 2 aromatic rings. The van der Waals surface area contributed by atoms with Crippen molar-refractivity contribution in [1.29, 1.82) is 0 Å². The van der Waals surface area contributed by atoms with E-state index in [0.717, 1.165) is 11.1 Å². The average molecular weight is 254 g/mol. The molecule has 0 fully saturated rings. The number of hydrazone groups is 1. The van der Waals surface area contributed by atoms with E-state index in [1.165, 1.54) is 5.56 Å². The third kappa shape index (κ3) is 3.50. The SMILES string of the molecule is Cc1ccc(C(=S)NN=Cc2ccccc2)cc1. The van der Waals surface area contributed by atoms with Gasteiger partial charge in [0.1, 0.15) is 4.99 Å². The van der Waals surface area contributed by atoms with Crippen molar-refractivity contribution in [2.24, 2.45) is 5.10 Å². The number of nitrogens with zero attached hydrogens (tertiary/aromatic N) is 1. The highest BCUT2D eigenvalue weighted by molar-refractivity contribution is 7.80. The Morgan fingerprint density at radius 2 is 1.72 bits per heavy atom. The molecule has 1 N–H and O–H groups in total. The van der Waals surface area contributed by atoms with Crippen LogP contribution in [-0.2, 0) is 0 Å². The second-order valence-corrected chi connectivity index (χ2v) is 4.38. The maximum Gasteiger partial charge on any atom is 0.126 e. The molecule has 0 aromatic heterocycles. The molecule has 0 heterocycles. The lowest BCUT2D eigenvalue weighted by Crippen LogP contribution is -2.16. The molecule has 2 rings (SSSR count). The van der Waals surface area contributed by atoms with Gasteiger partial charge < -0.3 is 0 Å². The maximum absolute atomic E-state index is 5.25. The summed E-state index contributed by atoms with van der Waals surface area (Å²) in [5.41, 5.74) is 6.10. The highest BCUT2D eigenvalue weighted by atomic mass is 32.1. The summed E-state index contributed by atoms with van der Waals surface area (Å²) in [6.07, 6.45) is 1.75. The Morgan fingerprint density at radius 3 is 2.39 bits per heavy atom. The van der Waals surface area contributed by atoms with Crippen LogP contribution in [0.1, 0.15) is 16.7 Å². The molecule has 3 heteroatoms. The van der Waals surface area contributed by atoms with Gasteiger partial charge in [0.2, 0.25) is 0 Å². The van der Waals surface area contributed by atoms with Gasteiger partial charge >= 0.3 is 0 Å². The molecule has 0 aliphatic rings. The van der Waals surface area contributed by atoms with E-state index in [4.69, 9.17) is 12.2 Å². The first-order valence-corrected chi connectivity index (χ1v) is 6.11. The third-order valence-corrected chi connectivity index (χ3v) is 2.82. The van der Waals surface area contributed by atoms with Gasteiger partial charge in [-0.25, -0.2) is 0 Å². The molecule has 90 valence electrons. The molecular weight excluding hydrogens is 240 g/mol. The van der Waals surface area contributed by atoms with E-state index in [9.17, 15) is 0 Å². The van der Waals surface area contributed by atoms with Crippen molar-refractivity contribution in [1.82, 2.24) is 5.43 Å². The minimum Gasteiger partial charge on any atom is -0.267 e. The molecular formula is C15H14N2S. The lowest BCUT2D eigenvalue weighted by molar-refractivity contribution is 1.05. The number of aryl methyl sites for hydroxylation is 1. The number of thiocarbonyl (C=S) groups is 1. The number of benzene rings is 2. The highest BCUT2D eigenvalue weighted by Gasteiger charge is 1.97. The summed E-state index contributed by atoms with van der Waals surface area (Å²) in [5, 5.41) is 4.12. The molecule has 0 radical (unpaired) electrons. The van der Waals surface area contributed by atoms with E-state index < -0.39 is 0 Å². The minimum atomic E-state index is 0.627. The summed E-state index contributed by atoms with van der Waals surface area (Å²) in [6, 6.07) is 17.9. The highest BCUT2D eigenvalue weighted by Crippen LogP contribution is 2.03. The fourth-order valence-electron chi connectivity index (χ4n) is 1.47. The van der Waals surface area contributed by atoms with E-state index >= 15 is 0 Å². The summed E-state index contributed by atoms with van der Waals surface area (Å²) < 4.78 is 0. The first kappa shape index (κ1) is 12.5. The van der Waals surface area contributed by atoms with Crippen LogP contribution in [0.3, 0.4) is 0 Å². The van der Waals surface area contributed by atoms with Gasteiger partial charge in [-0.05, 0) is 12.5 Å². The molecule has 18 heavy (non-hydrogen) atoms. The number of hydrogen-bond acceptors (Lipinski definition) is 2. The lowest BCUT2D eigenvalue weighted by atomic mass is 10.1. The third-order valence-electron chi connectivity index (χ3n) is 2.49. The molecule has 0 amide bonds. The molecule has 0 saturated heterocycles. The van der Waals surface area contributed by atoms with Gasteiger partial charge in [0, 0.05) is 5.56 Å². The zero-order valence-electron chi connectivity index (χ0n) is 10.1. The summed E-state index contributed by atoms with van der Waals surface area (Å²) in [6.45, 7) is 2.05. The zero-order valence-corrected chi connectivity index (χ0v) is 10.9. The van der Waals surface area contributed by atoms with Gasteiger partial charge in [0.15, 0.2) is 0 Å². The van der Waals surface area contributed by atoms with Crippen LogP contribution >= 0.6 is 12.2 Å². The Labute approximate surface area is 112 Å². The van der Waals surface area contributed by atoms with Crippen molar-refractivity contribution in [3.63, 3.8) is 0 Å². The number of nitrogens with one attached hydrogen (secondary N) is 1. The summed E-state index contributed by atoms with van der Waals surface area (Å²) >= 11 is 5.25. The molecule has 0 spiro atoms. The van der Waals surface area contributed by atoms with Crippen LogP contribution in [0.4, 0.5) is 0 Å². The molecule has 2 aromatic carbocycles. The fraction of sp³-hybridized carbons (Fsp3) is 0.0667. The second-order valence-electron chi connectivity index (χ2n) is 3.98. The van der Waals surface area contributed by atoms with Gasteiger partial charge in [-0.3, -0.25) is 5.43 Å². The van der Waals surface area contributed by atoms with Crippen LogP contribution in [0.5, 0.6) is 0 Å². The van der Waals surface area contributed by atoms with Gasteiger partial charge in [0.25, 0.3) is 0 Å². The Kier molecular flexibility index (Phi) is 4.20. The van der Waals surface area contributed by atoms with Crippen LogP contribution in [0.2, 0.25) is 0 Å². The van der Waals surface area contributed by atoms with Crippen molar-refractivity contribution >= 4 is 23.4 Å². The van der Waals surface area contributed by atoms with Crippen molar-refractivity contribution in [3.8, 4) is 0 Å². The molecule has 0 atom stereocenters. The van der Waals surface area contributed by atoms with E-state index in [0.29, 0.717) is 4.99 Å². The van der Waals surface area contributed by atoms with Crippen LogP contribution < -0.4 is 5.43 Å². The Morgan fingerprint density at radius 1 is 1.06 bits per heavy atom. The normalized spacial score (nSPS) is 10.5. The molecule has 0 unspecified atom stereocenters. The predicted molar refractivity (Wildman–Crippen MR) is 80.1 cm³/mol. The molecule has 0 aliphatic heterocycles. The Bertz CT molecular complexity index is 544. The van der Waals surface area contributed by atoms with Crippen molar-refractivity contribution in [2.45, 2.75) is 6.92 Å². The topological polar surface area (TPSA) is 24.4 Å². The van der Waals surface area contributed by atoms with Gasteiger partial charge in [0.05, 0.1) is 6.21 Å². The van der Waals surface area contributed by atoms with Gasteiger partial charge in [-0.1, -0.05) is 72.4 Å². The zero-order chi connectivity index (χ0) is 12.8. The van der Waals surface area contributed by atoms with Crippen molar-refractivity contribution < 1.29 is 0 Å². The van der Waals surface area contributed by atoms with Crippen LogP contribution in [0.25, 0.3) is 0 Å². The molecule has 0 bridgehead atoms. The van der Waals surface area contributed by atoms with E-state index in [1.807, 2.05) is 61.5 Å². The second kappa shape index (κ2) is 6.07. The largest absolute Gasteiger partial charge is 0.267 e. The fourth-order valence-corrected chi connectivity index (χ4v) is 1.66. The first-order valence-electron chi connectivity index (χ1n) is 5.71. The van der Waals surface area contributed by atoms with E-state index in [2.05, 4.69) is 10.5 Å². The standard InChI is InChI=1S/C15H14N2S/c1-12-7-9-14(10-8-12)15(18)17-16-11-13-5-3-2-4-6-13/h2-11H,1H3,(H,17,18). The van der Waals surface area contributed by atoms with Gasteiger partial charge in [-0.2, -0.15) is 5.10 Å². The summed E-state index contributed by atoms with van der Waals surface area (Å²) in [5.74, 6) is 0. The lowest BCUT2D eigenvalue weighted by Gasteiger charge is -2.03. The number of rotatable bonds is 3. The average Bonchev–Trinajstić information content (AvgIpc) is 2.40. The van der Waals surface area contributed by atoms with Crippen LogP contribution in [0, 0.1) is 6.92 Å².